The first-order valence-electron chi connectivity index (χ1n) is 11.6. The summed E-state index contributed by atoms with van der Waals surface area (Å²) >= 11 is 0. The molecule has 0 radical (unpaired) electrons. The minimum Gasteiger partial charge on any atom is -0.465 e. The second kappa shape index (κ2) is 13.2. The van der Waals surface area contributed by atoms with Gasteiger partial charge in [-0.1, -0.05) is 54.4 Å². The van der Waals surface area contributed by atoms with Crippen molar-refractivity contribution < 1.29 is 19.1 Å². The predicted molar refractivity (Wildman–Crippen MR) is 114 cm³/mol. The van der Waals surface area contributed by atoms with Crippen LogP contribution in [0.4, 0.5) is 0 Å². The lowest BCUT2D eigenvalue weighted by molar-refractivity contribution is -0.156. The molecule has 0 aromatic rings. The summed E-state index contributed by atoms with van der Waals surface area (Å²) in [6.45, 7) is 14.2. The molecule has 0 aromatic heterocycles. The zero-order valence-corrected chi connectivity index (χ0v) is 19.2. The topological polar surface area (TPSA) is 52.6 Å². The fourth-order valence-electron chi connectivity index (χ4n) is 4.24. The molecule has 164 valence electrons. The number of carbonyl (C=O) groups is 2. The molecule has 0 aromatic carbocycles. The highest BCUT2D eigenvalue weighted by Crippen LogP contribution is 2.31. The van der Waals surface area contributed by atoms with Crippen molar-refractivity contribution in [2.75, 3.05) is 13.2 Å². The van der Waals surface area contributed by atoms with Crippen molar-refractivity contribution in [3.05, 3.63) is 0 Å². The molecule has 1 saturated carbocycles. The molecule has 0 heterocycles. The highest BCUT2D eigenvalue weighted by molar-refractivity contribution is 5.75. The Hall–Kier alpha value is -1.06. The molecule has 2 atom stereocenters. The van der Waals surface area contributed by atoms with Gasteiger partial charge < -0.3 is 9.47 Å². The van der Waals surface area contributed by atoms with Crippen molar-refractivity contribution in [2.24, 2.45) is 35.5 Å². The lowest BCUT2D eigenvalue weighted by Crippen LogP contribution is -2.30. The van der Waals surface area contributed by atoms with Crippen LogP contribution in [-0.2, 0) is 19.1 Å². The number of ether oxygens (including phenoxy) is 2. The van der Waals surface area contributed by atoms with Crippen molar-refractivity contribution in [1.29, 1.82) is 0 Å². The number of hydrogen-bond donors (Lipinski definition) is 0. The quantitative estimate of drug-likeness (QED) is 0.378. The van der Waals surface area contributed by atoms with E-state index in [-0.39, 0.29) is 23.8 Å². The second-order valence-electron chi connectivity index (χ2n) is 9.62. The Morgan fingerprint density at radius 3 is 1.29 bits per heavy atom. The van der Waals surface area contributed by atoms with E-state index in [2.05, 4.69) is 41.5 Å². The predicted octanol–water partition coefficient (Wildman–Crippen LogP) is 6.02. The van der Waals surface area contributed by atoms with Crippen LogP contribution >= 0.6 is 0 Å². The number of rotatable bonds is 12. The van der Waals surface area contributed by atoms with E-state index in [9.17, 15) is 9.59 Å². The van der Waals surface area contributed by atoms with Gasteiger partial charge in [-0.3, -0.25) is 9.59 Å². The molecule has 1 aliphatic carbocycles. The zero-order chi connectivity index (χ0) is 21.1. The summed E-state index contributed by atoms with van der Waals surface area (Å²) in [4.78, 5) is 24.8. The Balaban J connectivity index is 2.33. The molecule has 2 unspecified atom stereocenters. The SMILES string of the molecule is CCC(COC(=O)C1CCC(C(=O)OCC(CC)CC(C)C)CC1)CC(C)C. The van der Waals surface area contributed by atoms with Gasteiger partial charge in [0.25, 0.3) is 0 Å². The largest absolute Gasteiger partial charge is 0.465 e. The fraction of sp³-hybridized carbons (Fsp3) is 0.917. The van der Waals surface area contributed by atoms with Gasteiger partial charge in [-0.2, -0.15) is 0 Å². The minimum absolute atomic E-state index is 0.0510. The highest BCUT2D eigenvalue weighted by atomic mass is 16.5. The third kappa shape index (κ3) is 9.43. The first-order valence-corrected chi connectivity index (χ1v) is 11.6. The average molecular weight is 397 g/mol. The summed E-state index contributed by atoms with van der Waals surface area (Å²) in [6, 6.07) is 0. The minimum atomic E-state index is -0.0722. The molecule has 0 bridgehead atoms. The molecular formula is C24H44O4. The maximum Gasteiger partial charge on any atom is 0.308 e. The number of carbonyl (C=O) groups excluding carboxylic acids is 2. The second-order valence-corrected chi connectivity index (χ2v) is 9.62. The first-order chi connectivity index (χ1) is 13.3. The van der Waals surface area contributed by atoms with Gasteiger partial charge in [0.05, 0.1) is 25.0 Å². The van der Waals surface area contributed by atoms with E-state index in [0.29, 0.717) is 36.9 Å². The van der Waals surface area contributed by atoms with Gasteiger partial charge in [0.1, 0.15) is 0 Å². The molecule has 0 N–H and O–H groups in total. The van der Waals surface area contributed by atoms with Crippen molar-refractivity contribution in [3.8, 4) is 0 Å². The van der Waals surface area contributed by atoms with Crippen LogP contribution in [0.2, 0.25) is 0 Å². The Bertz CT molecular complexity index is 408. The molecule has 1 aliphatic rings. The third-order valence-corrected chi connectivity index (χ3v) is 6.08. The third-order valence-electron chi connectivity index (χ3n) is 6.08. The highest BCUT2D eigenvalue weighted by Gasteiger charge is 2.32. The van der Waals surface area contributed by atoms with E-state index in [1.807, 2.05) is 0 Å². The van der Waals surface area contributed by atoms with Gasteiger partial charge >= 0.3 is 11.9 Å². The molecular weight excluding hydrogens is 352 g/mol. The standard InChI is InChI=1S/C24H44O4/c1-7-19(13-17(3)4)15-27-23(25)21-9-11-22(12-10-21)24(26)28-16-20(8-2)14-18(5)6/h17-22H,7-16H2,1-6H3. The number of esters is 2. The van der Waals surface area contributed by atoms with Crippen LogP contribution in [0, 0.1) is 35.5 Å². The molecule has 0 aliphatic heterocycles. The monoisotopic (exact) mass is 396 g/mol. The van der Waals surface area contributed by atoms with Crippen LogP contribution < -0.4 is 0 Å². The molecule has 1 rings (SSSR count). The van der Waals surface area contributed by atoms with E-state index in [1.165, 1.54) is 0 Å². The molecule has 0 saturated heterocycles. The molecule has 4 heteroatoms. The normalized spacial score (nSPS) is 22.1. The lowest BCUT2D eigenvalue weighted by atomic mass is 9.82. The van der Waals surface area contributed by atoms with Crippen LogP contribution in [-0.4, -0.2) is 25.2 Å². The van der Waals surface area contributed by atoms with Crippen molar-refractivity contribution in [3.63, 3.8) is 0 Å². The summed E-state index contributed by atoms with van der Waals surface area (Å²) in [5.41, 5.74) is 0. The van der Waals surface area contributed by atoms with Crippen LogP contribution in [0.3, 0.4) is 0 Å². The fourth-order valence-corrected chi connectivity index (χ4v) is 4.24. The van der Waals surface area contributed by atoms with Gasteiger partial charge in [0, 0.05) is 0 Å². The molecule has 28 heavy (non-hydrogen) atoms. The van der Waals surface area contributed by atoms with E-state index in [4.69, 9.17) is 9.47 Å². The maximum atomic E-state index is 12.4. The lowest BCUT2D eigenvalue weighted by Gasteiger charge is -2.27. The first kappa shape index (κ1) is 25.0. The van der Waals surface area contributed by atoms with Crippen LogP contribution in [0.25, 0.3) is 0 Å². The van der Waals surface area contributed by atoms with Gasteiger partial charge in [-0.05, 0) is 62.2 Å². The van der Waals surface area contributed by atoms with Gasteiger partial charge in [-0.15, -0.1) is 0 Å². The summed E-state index contributed by atoms with van der Waals surface area (Å²) < 4.78 is 11.2. The van der Waals surface area contributed by atoms with E-state index >= 15 is 0 Å². The summed E-state index contributed by atoms with van der Waals surface area (Å²) in [5, 5.41) is 0. The smallest absolute Gasteiger partial charge is 0.308 e. The van der Waals surface area contributed by atoms with Gasteiger partial charge in [0.2, 0.25) is 0 Å². The maximum absolute atomic E-state index is 12.4. The summed E-state index contributed by atoms with van der Waals surface area (Å²) in [5.74, 6) is 1.90. The molecule has 0 amide bonds. The number of hydrogen-bond acceptors (Lipinski definition) is 4. The molecule has 1 fully saturated rings. The van der Waals surface area contributed by atoms with Crippen LogP contribution in [0.5, 0.6) is 0 Å². The zero-order valence-electron chi connectivity index (χ0n) is 19.2. The molecule has 0 spiro atoms. The van der Waals surface area contributed by atoms with E-state index in [1.54, 1.807) is 0 Å². The van der Waals surface area contributed by atoms with Gasteiger partial charge in [-0.25, -0.2) is 0 Å². The molecule has 4 nitrogen and oxygen atoms in total. The van der Waals surface area contributed by atoms with Crippen molar-refractivity contribution >= 4 is 11.9 Å². The average Bonchev–Trinajstić information content (AvgIpc) is 2.67. The summed E-state index contributed by atoms with van der Waals surface area (Å²) in [6.07, 6.45) is 7.23. The van der Waals surface area contributed by atoms with E-state index < -0.39 is 0 Å². The van der Waals surface area contributed by atoms with Crippen molar-refractivity contribution in [2.45, 2.75) is 92.9 Å². The summed E-state index contributed by atoms with van der Waals surface area (Å²) in [7, 11) is 0. The van der Waals surface area contributed by atoms with Crippen molar-refractivity contribution in [1.82, 2.24) is 0 Å². The van der Waals surface area contributed by atoms with E-state index in [0.717, 1.165) is 51.4 Å². The Kier molecular flexibility index (Phi) is 11.8. The van der Waals surface area contributed by atoms with Crippen LogP contribution in [0.15, 0.2) is 0 Å². The van der Waals surface area contributed by atoms with Gasteiger partial charge in [0.15, 0.2) is 0 Å². The Morgan fingerprint density at radius 2 is 1.04 bits per heavy atom. The van der Waals surface area contributed by atoms with Crippen LogP contribution in [0.1, 0.15) is 92.9 Å². The Labute approximate surface area is 173 Å². The Morgan fingerprint density at radius 1 is 0.714 bits per heavy atom.